The largest absolute Gasteiger partial charge is 0.439 e. The summed E-state index contributed by atoms with van der Waals surface area (Å²) in [7, 11) is 0. The normalized spacial score (nSPS) is 10.5. The van der Waals surface area contributed by atoms with E-state index in [4.69, 9.17) is 15.4 Å². The highest BCUT2D eigenvalue weighted by molar-refractivity contribution is 5.91. The molecule has 15 heavy (non-hydrogen) atoms. The van der Waals surface area contributed by atoms with Gasteiger partial charge in [-0.05, 0) is 18.1 Å². The van der Waals surface area contributed by atoms with Crippen molar-refractivity contribution in [3.05, 3.63) is 29.1 Å². The molecule has 1 aromatic carbocycles. The molecular formula is C11H9FN2O. The van der Waals surface area contributed by atoms with Crippen LogP contribution in [0.25, 0.3) is 11.0 Å². The number of aryl methyl sites for hydroxylation is 1. The lowest BCUT2D eigenvalue weighted by atomic mass is 10.1. The van der Waals surface area contributed by atoms with Gasteiger partial charge in [0.2, 0.25) is 5.88 Å². The molecule has 0 amide bonds. The van der Waals surface area contributed by atoms with Crippen molar-refractivity contribution in [3.8, 4) is 6.07 Å². The monoisotopic (exact) mass is 204 g/mol. The Bertz CT molecular complexity index is 566. The van der Waals surface area contributed by atoms with Crippen LogP contribution in [0, 0.1) is 17.1 Å². The Morgan fingerprint density at radius 1 is 1.53 bits per heavy atom. The SMILES string of the molecule is CCc1ccc(F)c2c(C#N)c(N)oc12. The molecule has 2 aromatic rings. The van der Waals surface area contributed by atoms with Gasteiger partial charge in [-0.1, -0.05) is 13.0 Å². The molecule has 3 nitrogen and oxygen atoms in total. The Balaban J connectivity index is 2.95. The van der Waals surface area contributed by atoms with Crippen molar-refractivity contribution in [2.24, 2.45) is 0 Å². The van der Waals surface area contributed by atoms with Gasteiger partial charge in [-0.2, -0.15) is 5.26 Å². The number of nitriles is 1. The van der Waals surface area contributed by atoms with E-state index in [1.165, 1.54) is 6.07 Å². The molecule has 0 bridgehead atoms. The minimum atomic E-state index is -0.473. The van der Waals surface area contributed by atoms with Crippen molar-refractivity contribution in [1.29, 1.82) is 5.26 Å². The van der Waals surface area contributed by atoms with E-state index in [0.717, 1.165) is 5.56 Å². The van der Waals surface area contributed by atoms with E-state index >= 15 is 0 Å². The smallest absolute Gasteiger partial charge is 0.209 e. The Morgan fingerprint density at radius 3 is 2.87 bits per heavy atom. The first-order valence-corrected chi connectivity index (χ1v) is 4.58. The van der Waals surface area contributed by atoms with Gasteiger partial charge in [0.15, 0.2) is 0 Å². The van der Waals surface area contributed by atoms with Crippen molar-refractivity contribution in [2.45, 2.75) is 13.3 Å². The zero-order chi connectivity index (χ0) is 11.0. The number of fused-ring (bicyclic) bond motifs is 1. The first kappa shape index (κ1) is 9.53. The number of benzene rings is 1. The number of nitrogens with zero attached hydrogens (tertiary/aromatic N) is 1. The molecule has 0 saturated heterocycles. The summed E-state index contributed by atoms with van der Waals surface area (Å²) >= 11 is 0. The van der Waals surface area contributed by atoms with Gasteiger partial charge in [-0.3, -0.25) is 0 Å². The Morgan fingerprint density at radius 2 is 2.27 bits per heavy atom. The Kier molecular flexibility index (Phi) is 2.09. The number of hydrogen-bond donors (Lipinski definition) is 1. The summed E-state index contributed by atoms with van der Waals surface area (Å²) in [6.45, 7) is 1.93. The molecule has 2 rings (SSSR count). The van der Waals surface area contributed by atoms with Gasteiger partial charge in [0.25, 0.3) is 0 Å². The lowest BCUT2D eigenvalue weighted by Crippen LogP contribution is -1.86. The highest BCUT2D eigenvalue weighted by Gasteiger charge is 2.17. The Labute approximate surface area is 85.9 Å². The number of hydrogen-bond acceptors (Lipinski definition) is 3. The van der Waals surface area contributed by atoms with Crippen LogP contribution >= 0.6 is 0 Å². The maximum atomic E-state index is 13.5. The lowest BCUT2D eigenvalue weighted by Gasteiger charge is -1.97. The second-order valence-corrected chi connectivity index (χ2v) is 3.22. The van der Waals surface area contributed by atoms with Crippen molar-refractivity contribution < 1.29 is 8.81 Å². The van der Waals surface area contributed by atoms with E-state index in [1.54, 1.807) is 6.07 Å². The van der Waals surface area contributed by atoms with E-state index in [0.29, 0.717) is 12.0 Å². The molecule has 0 saturated carbocycles. The van der Waals surface area contributed by atoms with Gasteiger partial charge >= 0.3 is 0 Å². The van der Waals surface area contributed by atoms with Crippen molar-refractivity contribution in [2.75, 3.05) is 5.73 Å². The van der Waals surface area contributed by atoms with E-state index in [1.807, 2.05) is 13.0 Å². The summed E-state index contributed by atoms with van der Waals surface area (Å²) in [4.78, 5) is 0. The topological polar surface area (TPSA) is 63.0 Å². The van der Waals surface area contributed by atoms with Crippen LogP contribution in [0.4, 0.5) is 10.3 Å². The van der Waals surface area contributed by atoms with Gasteiger partial charge in [-0.25, -0.2) is 4.39 Å². The summed E-state index contributed by atoms with van der Waals surface area (Å²) in [5.41, 5.74) is 6.81. The second kappa shape index (κ2) is 3.28. The number of nitrogen functional groups attached to an aromatic ring is 1. The number of furan rings is 1. The molecule has 0 aliphatic carbocycles. The van der Waals surface area contributed by atoms with Gasteiger partial charge in [0, 0.05) is 0 Å². The third-order valence-electron chi connectivity index (χ3n) is 2.39. The Hall–Kier alpha value is -2.02. The summed E-state index contributed by atoms with van der Waals surface area (Å²) in [5.74, 6) is -0.494. The number of nitrogens with two attached hydrogens (primary N) is 1. The lowest BCUT2D eigenvalue weighted by molar-refractivity contribution is 0.621. The zero-order valence-electron chi connectivity index (χ0n) is 8.17. The molecule has 76 valence electrons. The van der Waals surface area contributed by atoms with Crippen LogP contribution in [0.5, 0.6) is 0 Å². The first-order valence-electron chi connectivity index (χ1n) is 4.58. The van der Waals surface area contributed by atoms with E-state index in [2.05, 4.69) is 0 Å². The first-order chi connectivity index (χ1) is 7.19. The molecule has 0 spiro atoms. The molecule has 0 fully saturated rings. The summed E-state index contributed by atoms with van der Waals surface area (Å²) in [5, 5.41) is 9.03. The van der Waals surface area contributed by atoms with E-state index in [9.17, 15) is 4.39 Å². The fourth-order valence-electron chi connectivity index (χ4n) is 1.62. The summed E-state index contributed by atoms with van der Waals surface area (Å²) in [6, 6.07) is 4.82. The molecule has 4 heteroatoms. The molecular weight excluding hydrogens is 195 g/mol. The third kappa shape index (κ3) is 1.24. The molecule has 1 heterocycles. The molecule has 0 unspecified atom stereocenters. The average Bonchev–Trinajstić information content (AvgIpc) is 2.56. The standard InChI is InChI=1S/C11H9FN2O/c1-2-6-3-4-8(12)9-7(5-13)11(14)15-10(6)9/h3-4H,2,14H2,1H3. The van der Waals surface area contributed by atoms with Crippen LogP contribution in [0.3, 0.4) is 0 Å². The van der Waals surface area contributed by atoms with Crippen molar-refractivity contribution >= 4 is 16.9 Å². The number of rotatable bonds is 1. The molecule has 1 aromatic heterocycles. The molecule has 0 atom stereocenters. The quantitative estimate of drug-likeness (QED) is 0.776. The van der Waals surface area contributed by atoms with Crippen LogP contribution in [0.1, 0.15) is 18.1 Å². The van der Waals surface area contributed by atoms with Gasteiger partial charge in [0.1, 0.15) is 23.0 Å². The van der Waals surface area contributed by atoms with Crippen molar-refractivity contribution in [1.82, 2.24) is 0 Å². The average molecular weight is 204 g/mol. The van der Waals surface area contributed by atoms with Crippen LogP contribution in [0.2, 0.25) is 0 Å². The minimum Gasteiger partial charge on any atom is -0.439 e. The van der Waals surface area contributed by atoms with Gasteiger partial charge < -0.3 is 10.2 Å². The van der Waals surface area contributed by atoms with Gasteiger partial charge in [-0.15, -0.1) is 0 Å². The zero-order valence-corrected chi connectivity index (χ0v) is 8.17. The predicted octanol–water partition coefficient (Wildman–Crippen LogP) is 2.59. The molecule has 0 aliphatic heterocycles. The molecule has 0 radical (unpaired) electrons. The predicted molar refractivity (Wildman–Crippen MR) is 54.7 cm³/mol. The maximum Gasteiger partial charge on any atom is 0.209 e. The van der Waals surface area contributed by atoms with Crippen LogP contribution in [-0.4, -0.2) is 0 Å². The number of anilines is 1. The van der Waals surface area contributed by atoms with E-state index < -0.39 is 5.82 Å². The van der Waals surface area contributed by atoms with Crippen molar-refractivity contribution in [3.63, 3.8) is 0 Å². The minimum absolute atomic E-state index is 0.0210. The van der Waals surface area contributed by atoms with Gasteiger partial charge in [0.05, 0.1) is 5.39 Å². The number of halogens is 1. The fraction of sp³-hybridized carbons (Fsp3) is 0.182. The summed E-state index contributed by atoms with van der Waals surface area (Å²) in [6.07, 6.45) is 0.703. The fourth-order valence-corrected chi connectivity index (χ4v) is 1.62. The maximum absolute atomic E-state index is 13.5. The third-order valence-corrected chi connectivity index (χ3v) is 2.39. The summed E-state index contributed by atoms with van der Waals surface area (Å²) < 4.78 is 18.7. The van der Waals surface area contributed by atoms with Crippen LogP contribution in [0.15, 0.2) is 16.5 Å². The molecule has 2 N–H and O–H groups in total. The van der Waals surface area contributed by atoms with Crippen LogP contribution < -0.4 is 5.73 Å². The second-order valence-electron chi connectivity index (χ2n) is 3.22. The highest BCUT2D eigenvalue weighted by Crippen LogP contribution is 2.31. The van der Waals surface area contributed by atoms with E-state index in [-0.39, 0.29) is 16.8 Å². The van der Waals surface area contributed by atoms with Crippen LogP contribution in [-0.2, 0) is 6.42 Å². The highest BCUT2D eigenvalue weighted by atomic mass is 19.1. The molecule has 0 aliphatic rings.